The molecular formula is C11H13Cl. The molecule has 0 unspecified atom stereocenters. The molecule has 1 rings (SSSR count). The number of alkyl halides is 1. The van der Waals surface area contributed by atoms with Gasteiger partial charge >= 0.3 is 0 Å². The van der Waals surface area contributed by atoms with E-state index in [-0.39, 0.29) is 0 Å². The molecule has 0 aliphatic carbocycles. The first-order chi connectivity index (χ1) is 5.72. The summed E-state index contributed by atoms with van der Waals surface area (Å²) in [5.41, 5.74) is 3.71. The molecule has 1 aromatic carbocycles. The number of halogens is 1. The Morgan fingerprint density at radius 2 is 2.25 bits per heavy atom. The molecule has 64 valence electrons. The van der Waals surface area contributed by atoms with Gasteiger partial charge in [0.25, 0.3) is 0 Å². The van der Waals surface area contributed by atoms with Crippen LogP contribution in [0.25, 0.3) is 6.08 Å². The van der Waals surface area contributed by atoms with Gasteiger partial charge in [-0.3, -0.25) is 0 Å². The Morgan fingerprint density at radius 1 is 1.50 bits per heavy atom. The lowest BCUT2D eigenvalue weighted by molar-refractivity contribution is 1.41. The molecule has 0 aliphatic rings. The van der Waals surface area contributed by atoms with Crippen LogP contribution in [0.3, 0.4) is 0 Å². The fourth-order valence-corrected chi connectivity index (χ4v) is 1.16. The largest absolute Gasteiger partial charge is 0.122 e. The highest BCUT2D eigenvalue weighted by atomic mass is 35.5. The maximum Gasteiger partial charge on any atom is 0.0434 e. The van der Waals surface area contributed by atoms with E-state index in [1.165, 1.54) is 16.7 Å². The lowest BCUT2D eigenvalue weighted by Gasteiger charge is -1.97. The number of hydrogen-bond acceptors (Lipinski definition) is 0. The highest BCUT2D eigenvalue weighted by Crippen LogP contribution is 2.09. The van der Waals surface area contributed by atoms with Gasteiger partial charge in [-0.15, -0.1) is 11.6 Å². The molecule has 0 nitrogen and oxygen atoms in total. The van der Waals surface area contributed by atoms with Crippen LogP contribution in [-0.4, -0.2) is 5.88 Å². The molecule has 0 amide bonds. The van der Waals surface area contributed by atoms with Gasteiger partial charge in [-0.2, -0.15) is 0 Å². The minimum Gasteiger partial charge on any atom is -0.122 e. The van der Waals surface area contributed by atoms with Crippen molar-refractivity contribution in [1.82, 2.24) is 0 Å². The van der Waals surface area contributed by atoms with Crippen LogP contribution in [-0.2, 0) is 0 Å². The molecule has 0 aromatic heterocycles. The molecule has 0 saturated heterocycles. The highest BCUT2D eigenvalue weighted by Gasteiger charge is 1.89. The van der Waals surface area contributed by atoms with Crippen molar-refractivity contribution in [3.63, 3.8) is 0 Å². The topological polar surface area (TPSA) is 0 Å². The maximum atomic E-state index is 5.67. The molecule has 0 radical (unpaired) electrons. The molecule has 0 N–H and O–H groups in total. The number of hydrogen-bond donors (Lipinski definition) is 0. The fourth-order valence-electron chi connectivity index (χ4n) is 1.08. The van der Waals surface area contributed by atoms with Crippen molar-refractivity contribution >= 4 is 17.7 Å². The lowest BCUT2D eigenvalue weighted by Crippen LogP contribution is -1.79. The van der Waals surface area contributed by atoms with Crippen molar-refractivity contribution in [2.24, 2.45) is 0 Å². The van der Waals surface area contributed by atoms with E-state index in [0.29, 0.717) is 5.88 Å². The van der Waals surface area contributed by atoms with Crippen molar-refractivity contribution in [3.8, 4) is 0 Å². The summed E-state index contributed by atoms with van der Waals surface area (Å²) in [5, 5.41) is 0. The minimum atomic E-state index is 0.605. The summed E-state index contributed by atoms with van der Waals surface area (Å²) in [6.45, 7) is 4.13. The van der Waals surface area contributed by atoms with Gasteiger partial charge < -0.3 is 0 Å². The average Bonchev–Trinajstić information content (AvgIpc) is 2.04. The zero-order chi connectivity index (χ0) is 8.97. The Labute approximate surface area is 78.9 Å². The molecule has 1 heteroatoms. The van der Waals surface area contributed by atoms with Crippen molar-refractivity contribution in [3.05, 3.63) is 41.0 Å². The second-order valence-corrected chi connectivity index (χ2v) is 3.31. The zero-order valence-electron chi connectivity index (χ0n) is 7.47. The van der Waals surface area contributed by atoms with Gasteiger partial charge in [0.15, 0.2) is 0 Å². The first kappa shape index (κ1) is 9.34. The molecule has 0 atom stereocenters. The van der Waals surface area contributed by atoms with Crippen LogP contribution in [0.4, 0.5) is 0 Å². The summed E-state index contributed by atoms with van der Waals surface area (Å²) < 4.78 is 0. The normalized spacial score (nSPS) is 11.8. The highest BCUT2D eigenvalue weighted by molar-refractivity contribution is 6.19. The van der Waals surface area contributed by atoms with Crippen molar-refractivity contribution < 1.29 is 0 Å². The van der Waals surface area contributed by atoms with Gasteiger partial charge in [0, 0.05) is 5.88 Å². The average molecular weight is 181 g/mol. The summed E-state index contributed by atoms with van der Waals surface area (Å²) in [5.74, 6) is 0.605. The first-order valence-corrected chi connectivity index (χ1v) is 4.55. The summed E-state index contributed by atoms with van der Waals surface area (Å²) in [7, 11) is 0. The van der Waals surface area contributed by atoms with E-state index in [9.17, 15) is 0 Å². The molecule has 1 aromatic rings. The van der Waals surface area contributed by atoms with Gasteiger partial charge in [-0.05, 0) is 19.4 Å². The van der Waals surface area contributed by atoms with Gasteiger partial charge in [0.2, 0.25) is 0 Å². The molecular weight excluding hydrogens is 168 g/mol. The predicted molar refractivity (Wildman–Crippen MR) is 55.6 cm³/mol. The molecule has 12 heavy (non-hydrogen) atoms. The second kappa shape index (κ2) is 4.32. The van der Waals surface area contributed by atoms with Crippen molar-refractivity contribution in [1.29, 1.82) is 0 Å². The van der Waals surface area contributed by atoms with Crippen LogP contribution in [0, 0.1) is 6.92 Å². The van der Waals surface area contributed by atoms with E-state index in [4.69, 9.17) is 11.6 Å². The molecule has 0 heterocycles. The second-order valence-electron chi connectivity index (χ2n) is 3.04. The third-order valence-corrected chi connectivity index (χ3v) is 2.09. The number of benzene rings is 1. The summed E-state index contributed by atoms with van der Waals surface area (Å²) in [6, 6.07) is 8.38. The Bertz CT molecular complexity index is 287. The Balaban J connectivity index is 2.89. The Hall–Kier alpha value is -0.750. The standard InChI is InChI=1S/C11H13Cl/c1-9-4-3-5-11(6-9)7-10(2)8-12/h3-7H,8H2,1-2H3. The maximum absolute atomic E-state index is 5.67. The first-order valence-electron chi connectivity index (χ1n) is 4.02. The third kappa shape index (κ3) is 2.71. The van der Waals surface area contributed by atoms with E-state index in [0.717, 1.165) is 0 Å². The van der Waals surface area contributed by atoms with Gasteiger partial charge in [0.05, 0.1) is 0 Å². The van der Waals surface area contributed by atoms with Crippen molar-refractivity contribution in [2.45, 2.75) is 13.8 Å². The number of allylic oxidation sites excluding steroid dienone is 1. The van der Waals surface area contributed by atoms with Gasteiger partial charge in [0.1, 0.15) is 0 Å². The SMILES string of the molecule is CC(=Cc1cccc(C)c1)CCl. The van der Waals surface area contributed by atoms with Gasteiger partial charge in [-0.25, -0.2) is 0 Å². The Morgan fingerprint density at radius 3 is 2.83 bits per heavy atom. The van der Waals surface area contributed by atoms with E-state index < -0.39 is 0 Å². The van der Waals surface area contributed by atoms with E-state index in [1.54, 1.807) is 0 Å². The smallest absolute Gasteiger partial charge is 0.0434 e. The Kier molecular flexibility index (Phi) is 3.36. The van der Waals surface area contributed by atoms with Crippen molar-refractivity contribution in [2.75, 3.05) is 5.88 Å². The number of rotatable bonds is 2. The van der Waals surface area contributed by atoms with Crippen LogP contribution in [0.1, 0.15) is 18.1 Å². The molecule has 0 saturated carbocycles. The zero-order valence-corrected chi connectivity index (χ0v) is 8.23. The van der Waals surface area contributed by atoms with Crippen LogP contribution < -0.4 is 0 Å². The third-order valence-electron chi connectivity index (χ3n) is 1.67. The monoisotopic (exact) mass is 180 g/mol. The quantitative estimate of drug-likeness (QED) is 0.610. The molecule has 0 aliphatic heterocycles. The minimum absolute atomic E-state index is 0.605. The molecule has 0 bridgehead atoms. The van der Waals surface area contributed by atoms with Gasteiger partial charge in [-0.1, -0.05) is 41.5 Å². The van der Waals surface area contributed by atoms with E-state index in [2.05, 4.69) is 37.3 Å². The van der Waals surface area contributed by atoms with Crippen LogP contribution in [0.5, 0.6) is 0 Å². The van der Waals surface area contributed by atoms with E-state index in [1.807, 2.05) is 6.92 Å². The van der Waals surface area contributed by atoms with Crippen LogP contribution in [0.2, 0.25) is 0 Å². The summed E-state index contributed by atoms with van der Waals surface area (Å²) in [4.78, 5) is 0. The lowest BCUT2D eigenvalue weighted by atomic mass is 10.1. The summed E-state index contributed by atoms with van der Waals surface area (Å²) in [6.07, 6.45) is 2.11. The number of aryl methyl sites for hydroxylation is 1. The predicted octanol–water partition coefficient (Wildman–Crippen LogP) is 3.64. The fraction of sp³-hybridized carbons (Fsp3) is 0.273. The summed E-state index contributed by atoms with van der Waals surface area (Å²) >= 11 is 5.67. The van der Waals surface area contributed by atoms with Crippen LogP contribution in [0.15, 0.2) is 29.8 Å². The van der Waals surface area contributed by atoms with Crippen LogP contribution >= 0.6 is 11.6 Å². The molecule has 0 fully saturated rings. The molecule has 0 spiro atoms. The van der Waals surface area contributed by atoms with E-state index >= 15 is 0 Å².